The van der Waals surface area contributed by atoms with Crippen LogP contribution in [0.2, 0.25) is 0 Å². The zero-order chi connectivity index (χ0) is 28.5. The molecule has 1 heterocycles. The molecule has 7 heteroatoms. The second-order valence-corrected chi connectivity index (χ2v) is 9.70. The number of rotatable bonds is 11. The molecule has 0 aliphatic rings. The molecule has 4 aromatic rings. The molecule has 0 radical (unpaired) electrons. The highest BCUT2D eigenvalue weighted by atomic mass is 16.4. The van der Waals surface area contributed by atoms with Gasteiger partial charge in [0.05, 0.1) is 12.5 Å². The highest BCUT2D eigenvalue weighted by Gasteiger charge is 2.23. The van der Waals surface area contributed by atoms with E-state index in [0.717, 1.165) is 16.8 Å². The number of aryl methyl sites for hydroxylation is 1. The third-order valence-electron chi connectivity index (χ3n) is 6.79. The lowest BCUT2D eigenvalue weighted by Crippen LogP contribution is -2.35. The molecule has 0 saturated carbocycles. The van der Waals surface area contributed by atoms with Crippen LogP contribution in [0.3, 0.4) is 0 Å². The predicted octanol–water partition coefficient (Wildman–Crippen LogP) is 5.71. The number of carbonyl (C=O) groups is 3. The van der Waals surface area contributed by atoms with Crippen molar-refractivity contribution in [3.05, 3.63) is 125 Å². The number of carboxylic acid groups (broad SMARTS) is 1. The van der Waals surface area contributed by atoms with E-state index in [1.807, 2.05) is 80.6 Å². The molecule has 0 unspecified atom stereocenters. The number of carboxylic acids is 1. The molecule has 0 aliphatic heterocycles. The molecule has 3 aromatic carbocycles. The van der Waals surface area contributed by atoms with Crippen molar-refractivity contribution in [2.24, 2.45) is 0 Å². The van der Waals surface area contributed by atoms with Crippen LogP contribution in [0.15, 0.2) is 97.2 Å². The zero-order valence-electron chi connectivity index (χ0n) is 22.7. The predicted molar refractivity (Wildman–Crippen MR) is 155 cm³/mol. The van der Waals surface area contributed by atoms with E-state index in [1.54, 1.807) is 35.4 Å². The first-order valence-corrected chi connectivity index (χ1v) is 13.3. The average molecular weight is 536 g/mol. The molecule has 204 valence electrons. The first-order chi connectivity index (χ1) is 19.3. The van der Waals surface area contributed by atoms with Gasteiger partial charge in [0.15, 0.2) is 0 Å². The molecule has 0 aliphatic carbocycles. The Bertz CT molecular complexity index is 1470. The van der Waals surface area contributed by atoms with Crippen molar-refractivity contribution >= 4 is 17.8 Å². The third-order valence-corrected chi connectivity index (χ3v) is 6.79. The standard InChI is InChI=1S/C33H33N3O4/c1-23-14-16-25(17-15-23)24(2)35-32(39)29-12-5-3-10-27(29)28-11-4-6-13-30(28)33(40)36(22-19-31(37)38)21-18-26-9-7-8-20-34-26/h3-17,20,24H,18-19,21-22H2,1-2H3,(H,35,39)(H,37,38)/t24-/m1/s1. The first-order valence-electron chi connectivity index (χ1n) is 13.3. The molecule has 40 heavy (non-hydrogen) atoms. The first kappa shape index (κ1) is 28.2. The summed E-state index contributed by atoms with van der Waals surface area (Å²) in [7, 11) is 0. The number of pyridine rings is 1. The van der Waals surface area contributed by atoms with Gasteiger partial charge in [0, 0.05) is 42.5 Å². The van der Waals surface area contributed by atoms with Crippen molar-refractivity contribution in [3.8, 4) is 11.1 Å². The van der Waals surface area contributed by atoms with Crippen LogP contribution in [0.1, 0.15) is 56.9 Å². The Hall–Kier alpha value is -4.78. The third kappa shape index (κ3) is 7.20. The second-order valence-electron chi connectivity index (χ2n) is 9.70. The van der Waals surface area contributed by atoms with Crippen molar-refractivity contribution in [1.82, 2.24) is 15.2 Å². The largest absolute Gasteiger partial charge is 0.481 e. The second kappa shape index (κ2) is 13.3. The lowest BCUT2D eigenvalue weighted by Gasteiger charge is -2.24. The molecule has 1 atom stereocenters. The van der Waals surface area contributed by atoms with Crippen molar-refractivity contribution in [2.75, 3.05) is 13.1 Å². The van der Waals surface area contributed by atoms with Crippen molar-refractivity contribution in [2.45, 2.75) is 32.7 Å². The van der Waals surface area contributed by atoms with Crippen LogP contribution in [0.25, 0.3) is 11.1 Å². The highest BCUT2D eigenvalue weighted by Crippen LogP contribution is 2.29. The van der Waals surface area contributed by atoms with Crippen LogP contribution >= 0.6 is 0 Å². The summed E-state index contributed by atoms with van der Waals surface area (Å²) < 4.78 is 0. The van der Waals surface area contributed by atoms with Gasteiger partial charge >= 0.3 is 5.97 Å². The number of aromatic nitrogens is 1. The van der Waals surface area contributed by atoms with Gasteiger partial charge in [-0.1, -0.05) is 72.3 Å². The zero-order valence-corrected chi connectivity index (χ0v) is 22.7. The summed E-state index contributed by atoms with van der Waals surface area (Å²) in [5.41, 5.74) is 5.05. The molecular weight excluding hydrogens is 502 g/mol. The van der Waals surface area contributed by atoms with Crippen molar-refractivity contribution in [3.63, 3.8) is 0 Å². The minimum Gasteiger partial charge on any atom is -0.481 e. The number of nitrogens with one attached hydrogen (secondary N) is 1. The molecule has 2 amide bonds. The highest BCUT2D eigenvalue weighted by molar-refractivity contribution is 6.06. The fraction of sp³-hybridized carbons (Fsp3) is 0.212. The van der Waals surface area contributed by atoms with E-state index in [4.69, 9.17) is 0 Å². The summed E-state index contributed by atoms with van der Waals surface area (Å²) in [6, 6.07) is 27.7. The molecule has 1 aromatic heterocycles. The maximum atomic E-state index is 13.9. The smallest absolute Gasteiger partial charge is 0.305 e. The summed E-state index contributed by atoms with van der Waals surface area (Å²) in [5, 5.41) is 12.4. The Morgan fingerprint density at radius 1 is 0.825 bits per heavy atom. The van der Waals surface area contributed by atoms with Crippen LogP contribution < -0.4 is 5.32 Å². The van der Waals surface area contributed by atoms with Gasteiger partial charge < -0.3 is 15.3 Å². The van der Waals surface area contributed by atoms with E-state index in [2.05, 4.69) is 10.3 Å². The average Bonchev–Trinajstić information content (AvgIpc) is 2.97. The summed E-state index contributed by atoms with van der Waals surface area (Å²) >= 11 is 0. The van der Waals surface area contributed by atoms with Gasteiger partial charge in [-0.15, -0.1) is 0 Å². The maximum absolute atomic E-state index is 13.9. The number of carbonyl (C=O) groups excluding carboxylic acids is 2. The molecule has 0 bridgehead atoms. The molecule has 0 spiro atoms. The number of benzene rings is 3. The summed E-state index contributed by atoms with van der Waals surface area (Å²) in [6.45, 7) is 4.33. The van der Waals surface area contributed by atoms with E-state index >= 15 is 0 Å². The molecule has 4 rings (SSSR count). The van der Waals surface area contributed by atoms with Crippen LogP contribution in [-0.2, 0) is 11.2 Å². The Morgan fingerprint density at radius 3 is 2.10 bits per heavy atom. The number of amides is 2. The Kier molecular flexibility index (Phi) is 9.41. The van der Waals surface area contributed by atoms with Gasteiger partial charge in [-0.2, -0.15) is 0 Å². The summed E-state index contributed by atoms with van der Waals surface area (Å²) in [6.07, 6.45) is 2.01. The Morgan fingerprint density at radius 2 is 1.45 bits per heavy atom. The number of hydrogen-bond acceptors (Lipinski definition) is 4. The monoisotopic (exact) mass is 535 g/mol. The number of hydrogen-bond donors (Lipinski definition) is 2. The van der Waals surface area contributed by atoms with E-state index < -0.39 is 5.97 Å². The minimum absolute atomic E-state index is 0.0610. The van der Waals surface area contributed by atoms with Gasteiger partial charge in [-0.3, -0.25) is 19.4 Å². The van der Waals surface area contributed by atoms with E-state index in [-0.39, 0.29) is 30.8 Å². The van der Waals surface area contributed by atoms with Crippen LogP contribution in [-0.4, -0.2) is 45.9 Å². The summed E-state index contributed by atoms with van der Waals surface area (Å²) in [5.74, 6) is -1.52. The van der Waals surface area contributed by atoms with E-state index in [0.29, 0.717) is 35.2 Å². The number of aliphatic carboxylic acids is 1. The lowest BCUT2D eigenvalue weighted by atomic mass is 9.94. The normalized spacial score (nSPS) is 11.4. The van der Waals surface area contributed by atoms with Gasteiger partial charge in [0.1, 0.15) is 0 Å². The van der Waals surface area contributed by atoms with Crippen LogP contribution in [0, 0.1) is 6.92 Å². The fourth-order valence-electron chi connectivity index (χ4n) is 4.54. The Balaban J connectivity index is 1.62. The quantitative estimate of drug-likeness (QED) is 0.256. The molecule has 2 N–H and O–H groups in total. The van der Waals surface area contributed by atoms with Crippen molar-refractivity contribution in [1.29, 1.82) is 0 Å². The topological polar surface area (TPSA) is 99.6 Å². The molecule has 0 fully saturated rings. The maximum Gasteiger partial charge on any atom is 0.305 e. The summed E-state index contributed by atoms with van der Waals surface area (Å²) in [4.78, 5) is 44.5. The van der Waals surface area contributed by atoms with Crippen molar-refractivity contribution < 1.29 is 19.5 Å². The number of nitrogens with zero attached hydrogens (tertiary/aromatic N) is 2. The van der Waals surface area contributed by atoms with Gasteiger partial charge in [0.2, 0.25) is 0 Å². The molecule has 7 nitrogen and oxygen atoms in total. The van der Waals surface area contributed by atoms with E-state index in [9.17, 15) is 19.5 Å². The Labute approximate surface area is 234 Å². The molecule has 0 saturated heterocycles. The molecular formula is C33H33N3O4. The van der Waals surface area contributed by atoms with Crippen LogP contribution in [0.5, 0.6) is 0 Å². The lowest BCUT2D eigenvalue weighted by molar-refractivity contribution is -0.137. The van der Waals surface area contributed by atoms with Gasteiger partial charge in [0.25, 0.3) is 11.8 Å². The van der Waals surface area contributed by atoms with Crippen LogP contribution in [0.4, 0.5) is 0 Å². The minimum atomic E-state index is -0.978. The van der Waals surface area contributed by atoms with Gasteiger partial charge in [-0.05, 0) is 54.8 Å². The SMILES string of the molecule is Cc1ccc([C@@H](C)NC(=O)c2ccccc2-c2ccccc2C(=O)N(CCC(=O)O)CCc2ccccn2)cc1. The fourth-order valence-corrected chi connectivity index (χ4v) is 4.54. The van der Waals surface area contributed by atoms with E-state index in [1.165, 1.54) is 0 Å². The van der Waals surface area contributed by atoms with Gasteiger partial charge in [-0.25, -0.2) is 0 Å².